The first-order valence-corrected chi connectivity index (χ1v) is 7.00. The van der Waals surface area contributed by atoms with Crippen molar-refractivity contribution in [2.24, 2.45) is 5.73 Å². The standard InChI is InChI=1S/C17H14N2O3/c1-10(20)19-14-9-5-4-8-13(14)16(18)15(21)11-6-2-3-7-12(11)17(16,19)22/h2-9,22H,18H2,1H3. The van der Waals surface area contributed by atoms with Crippen molar-refractivity contribution in [2.45, 2.75) is 18.2 Å². The minimum atomic E-state index is -1.89. The number of nitrogens with zero attached hydrogens (tertiary/aromatic N) is 1. The average molecular weight is 294 g/mol. The van der Waals surface area contributed by atoms with Gasteiger partial charge in [0, 0.05) is 23.6 Å². The van der Waals surface area contributed by atoms with Crippen LogP contribution in [-0.2, 0) is 16.1 Å². The molecule has 0 radical (unpaired) electrons. The smallest absolute Gasteiger partial charge is 0.226 e. The van der Waals surface area contributed by atoms with Crippen molar-refractivity contribution < 1.29 is 14.7 Å². The van der Waals surface area contributed by atoms with Crippen LogP contribution in [0.2, 0.25) is 0 Å². The molecule has 1 amide bonds. The van der Waals surface area contributed by atoms with E-state index in [2.05, 4.69) is 0 Å². The minimum Gasteiger partial charge on any atom is -0.364 e. The summed E-state index contributed by atoms with van der Waals surface area (Å²) in [4.78, 5) is 26.4. The molecule has 1 aliphatic heterocycles. The fraction of sp³-hybridized carbons (Fsp3) is 0.176. The van der Waals surface area contributed by atoms with Crippen LogP contribution in [0.15, 0.2) is 48.5 Å². The third-order valence-corrected chi connectivity index (χ3v) is 4.66. The van der Waals surface area contributed by atoms with E-state index in [0.29, 0.717) is 22.4 Å². The van der Waals surface area contributed by atoms with E-state index in [4.69, 9.17) is 5.73 Å². The van der Waals surface area contributed by atoms with Crippen LogP contribution in [0, 0.1) is 0 Å². The van der Waals surface area contributed by atoms with Gasteiger partial charge in [0.15, 0.2) is 11.3 Å². The summed E-state index contributed by atoms with van der Waals surface area (Å²) in [7, 11) is 0. The molecule has 2 aromatic rings. The number of ketones is 1. The number of hydrogen-bond donors (Lipinski definition) is 2. The van der Waals surface area contributed by atoms with E-state index >= 15 is 0 Å². The van der Waals surface area contributed by atoms with E-state index in [1.165, 1.54) is 11.8 Å². The van der Waals surface area contributed by atoms with Crippen molar-refractivity contribution in [1.29, 1.82) is 0 Å². The van der Waals surface area contributed by atoms with E-state index in [1.807, 2.05) is 0 Å². The fourth-order valence-corrected chi connectivity index (χ4v) is 3.75. The number of anilines is 1. The van der Waals surface area contributed by atoms with Gasteiger partial charge in [0.05, 0.1) is 5.69 Å². The number of fused-ring (bicyclic) bond motifs is 5. The molecule has 2 atom stereocenters. The van der Waals surface area contributed by atoms with Crippen LogP contribution in [0.3, 0.4) is 0 Å². The molecular formula is C17H14N2O3. The molecule has 5 nitrogen and oxygen atoms in total. The van der Waals surface area contributed by atoms with E-state index in [0.717, 1.165) is 0 Å². The highest BCUT2D eigenvalue weighted by atomic mass is 16.3. The average Bonchev–Trinajstić information content (AvgIpc) is 2.83. The van der Waals surface area contributed by atoms with Crippen LogP contribution in [0.25, 0.3) is 0 Å². The number of amides is 1. The Morgan fingerprint density at radius 2 is 1.68 bits per heavy atom. The lowest BCUT2D eigenvalue weighted by atomic mass is 9.83. The molecule has 0 fully saturated rings. The number of Topliss-reactive ketones (excluding diaryl/α,β-unsaturated/α-hetero) is 1. The zero-order valence-electron chi connectivity index (χ0n) is 11.9. The Morgan fingerprint density at radius 1 is 1.09 bits per heavy atom. The summed E-state index contributed by atoms with van der Waals surface area (Å²) in [5, 5.41) is 11.4. The lowest BCUT2D eigenvalue weighted by Gasteiger charge is -2.37. The number of aliphatic hydroxyl groups is 1. The Labute approximate surface area is 127 Å². The predicted octanol–water partition coefficient (Wildman–Crippen LogP) is 1.25. The van der Waals surface area contributed by atoms with E-state index in [1.54, 1.807) is 48.5 Å². The number of hydrogen-bond acceptors (Lipinski definition) is 4. The SMILES string of the molecule is CC(=O)N1c2ccccc2C2(N)C(=O)c3ccccc3C12O. The topological polar surface area (TPSA) is 83.6 Å². The fourth-order valence-electron chi connectivity index (χ4n) is 3.75. The highest BCUT2D eigenvalue weighted by molar-refractivity contribution is 6.15. The summed E-state index contributed by atoms with van der Waals surface area (Å²) in [6.07, 6.45) is 0. The molecule has 22 heavy (non-hydrogen) atoms. The van der Waals surface area contributed by atoms with Crippen molar-refractivity contribution in [3.63, 3.8) is 0 Å². The first kappa shape index (κ1) is 13.2. The highest BCUT2D eigenvalue weighted by Gasteiger charge is 2.70. The summed E-state index contributed by atoms with van der Waals surface area (Å²) >= 11 is 0. The van der Waals surface area contributed by atoms with Crippen LogP contribution in [0.5, 0.6) is 0 Å². The summed E-state index contributed by atoms with van der Waals surface area (Å²) in [5.74, 6) is -0.742. The molecule has 110 valence electrons. The Morgan fingerprint density at radius 3 is 2.36 bits per heavy atom. The molecule has 4 rings (SSSR count). The second kappa shape index (κ2) is 3.82. The summed E-state index contributed by atoms with van der Waals surface area (Å²) in [5.41, 5.74) is 4.53. The molecule has 3 N–H and O–H groups in total. The molecule has 2 unspecified atom stereocenters. The van der Waals surface area contributed by atoms with Crippen molar-refractivity contribution in [1.82, 2.24) is 0 Å². The van der Waals surface area contributed by atoms with Crippen LogP contribution < -0.4 is 10.6 Å². The van der Waals surface area contributed by atoms with E-state index in [-0.39, 0.29) is 11.7 Å². The lowest BCUT2D eigenvalue weighted by molar-refractivity contribution is -0.123. The van der Waals surface area contributed by atoms with Gasteiger partial charge < -0.3 is 10.8 Å². The van der Waals surface area contributed by atoms with Crippen molar-refractivity contribution in [2.75, 3.05) is 4.90 Å². The van der Waals surface area contributed by atoms with Gasteiger partial charge in [-0.3, -0.25) is 14.5 Å². The van der Waals surface area contributed by atoms with Gasteiger partial charge >= 0.3 is 0 Å². The normalized spacial score (nSPS) is 28.3. The molecule has 0 aromatic heterocycles. The van der Waals surface area contributed by atoms with E-state index < -0.39 is 11.3 Å². The van der Waals surface area contributed by atoms with E-state index in [9.17, 15) is 14.7 Å². The number of rotatable bonds is 0. The third kappa shape index (κ3) is 1.15. The maximum absolute atomic E-state index is 12.9. The Kier molecular flexibility index (Phi) is 2.29. The predicted molar refractivity (Wildman–Crippen MR) is 80.1 cm³/mol. The number of benzene rings is 2. The van der Waals surface area contributed by atoms with Crippen LogP contribution >= 0.6 is 0 Å². The van der Waals surface area contributed by atoms with Crippen molar-refractivity contribution >= 4 is 17.4 Å². The quantitative estimate of drug-likeness (QED) is 0.766. The number of carbonyl (C=O) groups is 2. The maximum atomic E-state index is 12.9. The molecular weight excluding hydrogens is 280 g/mol. The second-order valence-electron chi connectivity index (χ2n) is 5.73. The molecule has 5 heteroatoms. The van der Waals surface area contributed by atoms with Gasteiger partial charge in [0.2, 0.25) is 11.6 Å². The Bertz CT molecular complexity index is 847. The van der Waals surface area contributed by atoms with Crippen molar-refractivity contribution in [3.8, 4) is 0 Å². The summed E-state index contributed by atoms with van der Waals surface area (Å²) in [6.45, 7) is 1.35. The summed E-state index contributed by atoms with van der Waals surface area (Å²) < 4.78 is 0. The van der Waals surface area contributed by atoms with Crippen LogP contribution in [0.4, 0.5) is 5.69 Å². The molecule has 0 bridgehead atoms. The maximum Gasteiger partial charge on any atom is 0.226 e. The van der Waals surface area contributed by atoms with Gasteiger partial charge in [0.25, 0.3) is 0 Å². The molecule has 2 aliphatic rings. The van der Waals surface area contributed by atoms with Crippen molar-refractivity contribution in [3.05, 3.63) is 65.2 Å². The Balaban J connectivity index is 2.15. The monoisotopic (exact) mass is 294 g/mol. The minimum absolute atomic E-state index is 0.355. The van der Waals surface area contributed by atoms with Gasteiger partial charge in [-0.2, -0.15) is 0 Å². The zero-order valence-corrected chi connectivity index (χ0v) is 11.9. The molecule has 0 saturated heterocycles. The molecule has 2 aromatic carbocycles. The molecule has 1 aliphatic carbocycles. The van der Waals surface area contributed by atoms with Gasteiger partial charge in [-0.25, -0.2) is 0 Å². The highest BCUT2D eigenvalue weighted by Crippen LogP contribution is 2.58. The first-order chi connectivity index (χ1) is 10.4. The largest absolute Gasteiger partial charge is 0.364 e. The Hall–Kier alpha value is -2.50. The van der Waals surface area contributed by atoms with Crippen LogP contribution in [0.1, 0.15) is 28.4 Å². The van der Waals surface area contributed by atoms with Crippen LogP contribution in [-0.4, -0.2) is 16.8 Å². The van der Waals surface area contributed by atoms with Gasteiger partial charge in [-0.1, -0.05) is 42.5 Å². The molecule has 0 saturated carbocycles. The zero-order chi connectivity index (χ0) is 15.7. The number of para-hydroxylation sites is 1. The second-order valence-corrected chi connectivity index (χ2v) is 5.73. The molecule has 1 heterocycles. The molecule has 0 spiro atoms. The number of nitrogens with two attached hydrogens (primary N) is 1. The summed E-state index contributed by atoms with van der Waals surface area (Å²) in [6, 6.07) is 13.6. The lowest BCUT2D eigenvalue weighted by Crippen LogP contribution is -2.61. The first-order valence-electron chi connectivity index (χ1n) is 7.00. The van der Waals surface area contributed by atoms with Gasteiger partial charge in [0.1, 0.15) is 0 Å². The van der Waals surface area contributed by atoms with Gasteiger partial charge in [-0.15, -0.1) is 0 Å². The van der Waals surface area contributed by atoms with Gasteiger partial charge in [-0.05, 0) is 6.07 Å². The number of carbonyl (C=O) groups excluding carboxylic acids is 2. The third-order valence-electron chi connectivity index (χ3n) is 4.66.